The van der Waals surface area contributed by atoms with Crippen LogP contribution in [0.25, 0.3) is 0 Å². The molecule has 306 valence electrons. The van der Waals surface area contributed by atoms with Gasteiger partial charge in [0.1, 0.15) is 35.8 Å². The van der Waals surface area contributed by atoms with Gasteiger partial charge in [-0.25, -0.2) is 0 Å². The van der Waals surface area contributed by atoms with Crippen molar-refractivity contribution in [3.05, 3.63) is 11.3 Å². The molecule has 4 aliphatic rings. The Balaban J connectivity index is 1.86. The summed E-state index contributed by atoms with van der Waals surface area (Å²) in [5, 5.41) is 22.8. The van der Waals surface area contributed by atoms with E-state index in [2.05, 4.69) is 18.7 Å². The van der Waals surface area contributed by atoms with E-state index in [9.17, 15) is 19.8 Å². The number of carbonyl (C=O) groups excluding carboxylic acids is 2. The molecule has 4 rings (SSSR count). The average molecular weight is 756 g/mol. The molecule has 2 N–H and O–H groups in total. The highest BCUT2D eigenvalue weighted by Crippen LogP contribution is 2.47. The van der Waals surface area contributed by atoms with Crippen LogP contribution in [0.2, 0.25) is 0 Å². The molecule has 16 atom stereocenters. The normalized spacial score (nSPS) is 46.1. The Morgan fingerprint density at radius 3 is 2.19 bits per heavy atom. The van der Waals surface area contributed by atoms with Crippen molar-refractivity contribution < 1.29 is 57.7 Å². The van der Waals surface area contributed by atoms with Crippen LogP contribution in [-0.2, 0) is 47.5 Å². The molecule has 3 saturated heterocycles. The number of ether oxygens (including phenoxy) is 8. The molecule has 13 heteroatoms. The van der Waals surface area contributed by atoms with Crippen LogP contribution in [0.4, 0.5) is 0 Å². The first kappa shape index (κ1) is 44.0. The first-order chi connectivity index (χ1) is 24.6. The van der Waals surface area contributed by atoms with Gasteiger partial charge in [0.15, 0.2) is 24.0 Å². The summed E-state index contributed by atoms with van der Waals surface area (Å²) in [5.74, 6) is -2.59. The second-order valence-corrected chi connectivity index (χ2v) is 17.1. The van der Waals surface area contributed by atoms with Crippen molar-refractivity contribution in [2.45, 2.75) is 193 Å². The highest BCUT2D eigenvalue weighted by atomic mass is 16.7. The van der Waals surface area contributed by atoms with Crippen LogP contribution in [0.3, 0.4) is 0 Å². The maximum Gasteiger partial charge on any atom is 0.311 e. The third-order valence-electron chi connectivity index (χ3n) is 12.8. The molecule has 0 aromatic rings. The molecular weight excluding hydrogens is 686 g/mol. The lowest BCUT2D eigenvalue weighted by molar-refractivity contribution is -0.317. The molecule has 4 heterocycles. The smallest absolute Gasteiger partial charge is 0.311 e. The number of nitrogens with zero attached hydrogens (tertiary/aromatic N) is 1. The number of hydrogen-bond acceptors (Lipinski definition) is 13. The fourth-order valence-electron chi connectivity index (χ4n) is 9.05. The average Bonchev–Trinajstić information content (AvgIpc) is 3.43. The molecule has 0 spiro atoms. The SMILES string of the molecule is CC[C@@H]1OC(=O)[C@H](C)C(O[C@H]2C[C@@](C)(OC)[C@@H](O)[C@H](C)O2)C(C)[C@@H](O[C@@H]2O[C@H](C)C[C@H](N(C)C(C)C)[C@H]2O)[C@@]2(C)CC(C)=C(O2)[C@@H](C)C(=O)[C@]1(C)OC. The number of Topliss-reactive ketones (excluding diaryl/α,β-unsaturated/α-hetero) is 1. The molecule has 4 aliphatic heterocycles. The van der Waals surface area contributed by atoms with Gasteiger partial charge in [-0.05, 0) is 94.7 Å². The van der Waals surface area contributed by atoms with Crippen molar-refractivity contribution in [1.82, 2.24) is 4.90 Å². The van der Waals surface area contributed by atoms with E-state index in [-0.39, 0.29) is 30.4 Å². The van der Waals surface area contributed by atoms with E-state index in [1.54, 1.807) is 34.6 Å². The van der Waals surface area contributed by atoms with E-state index < -0.39 is 89.7 Å². The third-order valence-corrected chi connectivity index (χ3v) is 12.8. The van der Waals surface area contributed by atoms with Crippen molar-refractivity contribution in [3.8, 4) is 0 Å². The topological polar surface area (TPSA) is 152 Å². The Kier molecular flexibility index (Phi) is 14.0. The second-order valence-electron chi connectivity index (χ2n) is 17.1. The Bertz CT molecular complexity index is 1330. The number of allylic oxidation sites excluding steroid dienone is 1. The van der Waals surface area contributed by atoms with Crippen LogP contribution in [0.1, 0.15) is 109 Å². The van der Waals surface area contributed by atoms with Crippen LogP contribution in [0.15, 0.2) is 11.3 Å². The summed E-state index contributed by atoms with van der Waals surface area (Å²) in [6.45, 7) is 22.5. The van der Waals surface area contributed by atoms with Gasteiger partial charge >= 0.3 is 5.97 Å². The lowest BCUT2D eigenvalue weighted by Gasteiger charge is -2.49. The number of aliphatic hydroxyl groups is 2. The summed E-state index contributed by atoms with van der Waals surface area (Å²) in [6, 6.07) is -0.0782. The van der Waals surface area contributed by atoms with E-state index in [1.165, 1.54) is 14.2 Å². The number of carbonyl (C=O) groups is 2. The highest BCUT2D eigenvalue weighted by molar-refractivity contribution is 5.92. The van der Waals surface area contributed by atoms with Gasteiger partial charge in [0.25, 0.3) is 0 Å². The molecule has 0 saturated carbocycles. The summed E-state index contributed by atoms with van der Waals surface area (Å²) in [4.78, 5) is 30.8. The molecule has 0 radical (unpaired) electrons. The molecule has 2 bridgehead atoms. The molecule has 13 nitrogen and oxygen atoms in total. The third kappa shape index (κ3) is 8.54. The van der Waals surface area contributed by atoms with Gasteiger partial charge in [-0.3, -0.25) is 14.5 Å². The molecule has 0 aliphatic carbocycles. The number of hydrogen-bond donors (Lipinski definition) is 2. The largest absolute Gasteiger partial charge is 0.488 e. The highest BCUT2D eigenvalue weighted by Gasteiger charge is 2.56. The van der Waals surface area contributed by atoms with Gasteiger partial charge < -0.3 is 48.1 Å². The molecule has 0 aromatic carbocycles. The first-order valence-electron chi connectivity index (χ1n) is 19.5. The summed E-state index contributed by atoms with van der Waals surface area (Å²) < 4.78 is 51.1. The van der Waals surface area contributed by atoms with Crippen LogP contribution < -0.4 is 0 Å². The molecule has 0 aromatic heterocycles. The lowest BCUT2D eigenvalue weighted by Crippen LogP contribution is -2.61. The molecular formula is C40H69NO12. The van der Waals surface area contributed by atoms with Gasteiger partial charge in [-0.2, -0.15) is 0 Å². The number of esters is 1. The van der Waals surface area contributed by atoms with Gasteiger partial charge in [0, 0.05) is 45.1 Å². The Morgan fingerprint density at radius 2 is 1.62 bits per heavy atom. The monoisotopic (exact) mass is 755 g/mol. The number of fused-ring (bicyclic) bond motifs is 2. The van der Waals surface area contributed by atoms with E-state index in [0.717, 1.165) is 5.57 Å². The van der Waals surface area contributed by atoms with Crippen molar-refractivity contribution in [2.24, 2.45) is 17.8 Å². The van der Waals surface area contributed by atoms with E-state index in [4.69, 9.17) is 37.9 Å². The standard InChI is InChI=1S/C40H69NO12/c1-16-28-40(12,47-15)33(43)23(6)31-21(4)18-39(11,53-31)35(52-37-30(42)27(17-22(5)48-37)41(13)20(2)3)24(7)32(25(8)36(45)50-28)51-29-19-38(10,46-14)34(44)26(9)49-29/h20,22-30,32,34-35,37,42,44H,16-19H2,1-15H3/t22-,23-,24?,25-,26+,27+,28+,29+,30-,32?,34+,35-,37+,38-,39-,40-/m1/s1. The summed E-state index contributed by atoms with van der Waals surface area (Å²) >= 11 is 0. The summed E-state index contributed by atoms with van der Waals surface area (Å²) in [6.07, 6.45) is -5.84. The quantitative estimate of drug-likeness (QED) is 0.318. The van der Waals surface area contributed by atoms with Crippen LogP contribution >= 0.6 is 0 Å². The van der Waals surface area contributed by atoms with Crippen molar-refractivity contribution in [3.63, 3.8) is 0 Å². The molecule has 3 fully saturated rings. The maximum atomic E-state index is 14.4. The number of methoxy groups -OCH3 is 2. The van der Waals surface area contributed by atoms with Gasteiger partial charge in [0.05, 0.1) is 35.7 Å². The second kappa shape index (κ2) is 16.8. The van der Waals surface area contributed by atoms with Crippen LogP contribution in [-0.4, -0.2) is 132 Å². The molecule has 0 amide bonds. The first-order valence-corrected chi connectivity index (χ1v) is 19.5. The van der Waals surface area contributed by atoms with E-state index >= 15 is 0 Å². The number of rotatable bonds is 9. The number of cyclic esters (lactones) is 1. The zero-order valence-electron chi connectivity index (χ0n) is 34.8. The van der Waals surface area contributed by atoms with Crippen molar-refractivity contribution in [1.29, 1.82) is 0 Å². The molecule has 53 heavy (non-hydrogen) atoms. The Labute approximate surface area is 317 Å². The zero-order chi connectivity index (χ0) is 40.0. The van der Waals surface area contributed by atoms with Crippen LogP contribution in [0, 0.1) is 17.8 Å². The minimum atomic E-state index is -1.48. The molecule has 2 unspecified atom stereocenters. The van der Waals surface area contributed by atoms with Crippen molar-refractivity contribution in [2.75, 3.05) is 21.3 Å². The fourth-order valence-corrected chi connectivity index (χ4v) is 9.05. The maximum absolute atomic E-state index is 14.4. The predicted octanol–water partition coefficient (Wildman–Crippen LogP) is 4.53. The van der Waals surface area contributed by atoms with Crippen molar-refractivity contribution >= 4 is 11.8 Å². The van der Waals surface area contributed by atoms with Gasteiger partial charge in [0.2, 0.25) is 0 Å². The summed E-state index contributed by atoms with van der Waals surface area (Å²) in [5.41, 5.74) is -2.66. The summed E-state index contributed by atoms with van der Waals surface area (Å²) in [7, 11) is 4.97. The van der Waals surface area contributed by atoms with E-state index in [1.807, 2.05) is 41.7 Å². The number of likely N-dealkylation sites (N-methyl/N-ethyl adjacent to an activating group) is 1. The van der Waals surface area contributed by atoms with Gasteiger partial charge in [-0.15, -0.1) is 0 Å². The number of ketones is 1. The van der Waals surface area contributed by atoms with E-state index in [0.29, 0.717) is 25.0 Å². The Hall–Kier alpha value is -1.68. The van der Waals surface area contributed by atoms with Crippen LogP contribution in [0.5, 0.6) is 0 Å². The lowest BCUT2D eigenvalue weighted by atomic mass is 9.79. The minimum Gasteiger partial charge on any atom is -0.488 e. The number of aliphatic hydroxyl groups excluding tert-OH is 2. The predicted molar refractivity (Wildman–Crippen MR) is 197 cm³/mol. The zero-order valence-corrected chi connectivity index (χ0v) is 34.8. The van der Waals surface area contributed by atoms with Gasteiger partial charge in [-0.1, -0.05) is 13.8 Å². The Morgan fingerprint density at radius 1 is 0.981 bits per heavy atom. The minimum absolute atomic E-state index is 0.164. The fraction of sp³-hybridized carbons (Fsp3) is 0.900.